The average molecular weight is 385 g/mol. The summed E-state index contributed by atoms with van der Waals surface area (Å²) in [6.07, 6.45) is 2.82. The molecule has 1 atom stereocenters. The zero-order valence-electron chi connectivity index (χ0n) is 14.4. The monoisotopic (exact) mass is 385 g/mol. The van der Waals surface area contributed by atoms with Crippen LogP contribution >= 0.6 is 0 Å². The minimum absolute atomic E-state index is 0.0494. The number of sulfonamides is 1. The summed E-state index contributed by atoms with van der Waals surface area (Å²) in [6, 6.07) is 11.8. The van der Waals surface area contributed by atoms with Crippen molar-refractivity contribution in [3.8, 4) is 5.75 Å². The van der Waals surface area contributed by atoms with Gasteiger partial charge in [0.2, 0.25) is 16.0 Å². The Labute approximate surface area is 156 Å². The molecule has 1 aliphatic rings. The lowest BCUT2D eigenvalue weighted by Crippen LogP contribution is -2.19. The van der Waals surface area contributed by atoms with E-state index in [2.05, 4.69) is 20.6 Å². The number of ether oxygens (including phenoxy) is 1. The fraction of sp³-hybridized carbons (Fsp3) is 0.222. The molecule has 0 unspecified atom stereocenters. The van der Waals surface area contributed by atoms with Crippen LogP contribution in [0.1, 0.15) is 6.42 Å². The molecule has 8 nitrogen and oxygen atoms in total. The van der Waals surface area contributed by atoms with Gasteiger partial charge < -0.3 is 15.4 Å². The number of primary sulfonamides is 1. The highest BCUT2D eigenvalue weighted by molar-refractivity contribution is 7.89. The largest absolute Gasteiger partial charge is 0.487 e. The first-order valence-electron chi connectivity index (χ1n) is 8.52. The van der Waals surface area contributed by atoms with Gasteiger partial charge in [0.25, 0.3) is 0 Å². The van der Waals surface area contributed by atoms with E-state index in [-0.39, 0.29) is 11.0 Å². The third kappa shape index (κ3) is 4.00. The van der Waals surface area contributed by atoms with Crippen LogP contribution < -0.4 is 20.5 Å². The number of para-hydroxylation sites is 1. The molecule has 4 rings (SSSR count). The second-order valence-corrected chi connectivity index (χ2v) is 7.88. The van der Waals surface area contributed by atoms with Gasteiger partial charge in [0.05, 0.1) is 4.90 Å². The van der Waals surface area contributed by atoms with Crippen molar-refractivity contribution in [2.24, 2.45) is 5.14 Å². The van der Waals surface area contributed by atoms with Crippen molar-refractivity contribution < 1.29 is 13.2 Å². The molecule has 2 aromatic carbocycles. The zero-order valence-corrected chi connectivity index (χ0v) is 15.2. The normalized spacial score (nSPS) is 17.1. The summed E-state index contributed by atoms with van der Waals surface area (Å²) >= 11 is 0. The fourth-order valence-electron chi connectivity index (χ4n) is 2.95. The number of nitrogens with two attached hydrogens (primary N) is 1. The maximum absolute atomic E-state index is 11.3. The first kappa shape index (κ1) is 17.7. The summed E-state index contributed by atoms with van der Waals surface area (Å²) in [5.74, 6) is 1.11. The average Bonchev–Trinajstić information content (AvgIpc) is 3.15. The highest BCUT2D eigenvalue weighted by atomic mass is 32.2. The number of anilines is 2. The van der Waals surface area contributed by atoms with Gasteiger partial charge in [-0.25, -0.2) is 23.5 Å². The lowest BCUT2D eigenvalue weighted by Gasteiger charge is -2.14. The Morgan fingerprint density at radius 1 is 1.19 bits per heavy atom. The lowest BCUT2D eigenvalue weighted by molar-refractivity contribution is 0.225. The highest BCUT2D eigenvalue weighted by Gasteiger charge is 2.17. The van der Waals surface area contributed by atoms with Crippen molar-refractivity contribution in [2.45, 2.75) is 17.4 Å². The number of fused-ring (bicyclic) bond motifs is 1. The van der Waals surface area contributed by atoms with Crippen LogP contribution in [0.4, 0.5) is 11.6 Å². The second kappa shape index (κ2) is 7.10. The number of benzene rings is 2. The van der Waals surface area contributed by atoms with Crippen LogP contribution in [0.3, 0.4) is 0 Å². The Morgan fingerprint density at radius 3 is 2.70 bits per heavy atom. The first-order chi connectivity index (χ1) is 13.0. The van der Waals surface area contributed by atoms with E-state index in [0.717, 1.165) is 36.2 Å². The van der Waals surface area contributed by atoms with Gasteiger partial charge in [-0.05, 0) is 43.3 Å². The van der Waals surface area contributed by atoms with Crippen LogP contribution in [0, 0.1) is 0 Å². The standard InChI is InChI=1S/C18H19N5O3S/c19-27(24,25)15-6-4-13(5-7-15)22-18-21-10-12-2-1-3-16(17(12)23-18)26-14-8-9-20-11-14/h1-7,10,14,20H,8-9,11H2,(H2,19,24,25)(H,21,22,23)/t14-/m0/s1. The Hall–Kier alpha value is -2.75. The van der Waals surface area contributed by atoms with Gasteiger partial charge in [0, 0.05) is 23.8 Å². The predicted molar refractivity (Wildman–Crippen MR) is 103 cm³/mol. The predicted octanol–water partition coefficient (Wildman–Crippen LogP) is 1.76. The smallest absolute Gasteiger partial charge is 0.238 e. The summed E-state index contributed by atoms with van der Waals surface area (Å²) in [7, 11) is -3.72. The molecule has 0 saturated carbocycles. The first-order valence-corrected chi connectivity index (χ1v) is 10.1. The molecular formula is C18H19N5O3S. The summed E-state index contributed by atoms with van der Waals surface area (Å²) in [5, 5.41) is 12.3. The molecule has 3 aromatic rings. The van der Waals surface area contributed by atoms with E-state index in [1.54, 1.807) is 18.3 Å². The van der Waals surface area contributed by atoms with Crippen LogP contribution in [0.15, 0.2) is 53.6 Å². The topological polar surface area (TPSA) is 119 Å². The minimum atomic E-state index is -3.72. The summed E-state index contributed by atoms with van der Waals surface area (Å²) in [5.41, 5.74) is 1.38. The molecule has 0 radical (unpaired) electrons. The molecule has 1 saturated heterocycles. The molecule has 1 aromatic heterocycles. The fourth-order valence-corrected chi connectivity index (χ4v) is 3.46. The van der Waals surface area contributed by atoms with E-state index in [0.29, 0.717) is 11.6 Å². The van der Waals surface area contributed by atoms with Crippen LogP contribution in [0.5, 0.6) is 5.75 Å². The molecule has 27 heavy (non-hydrogen) atoms. The third-order valence-electron chi connectivity index (χ3n) is 4.32. The summed E-state index contributed by atoms with van der Waals surface area (Å²) in [6.45, 7) is 1.77. The Bertz CT molecular complexity index is 1060. The van der Waals surface area contributed by atoms with Gasteiger partial charge in [0.1, 0.15) is 17.4 Å². The van der Waals surface area contributed by atoms with Gasteiger partial charge in [-0.3, -0.25) is 0 Å². The van der Waals surface area contributed by atoms with Crippen molar-refractivity contribution in [2.75, 3.05) is 18.4 Å². The molecule has 0 aliphatic carbocycles. The molecule has 9 heteroatoms. The number of nitrogens with zero attached hydrogens (tertiary/aromatic N) is 2. The minimum Gasteiger partial charge on any atom is -0.487 e. The van der Waals surface area contributed by atoms with E-state index in [1.807, 2.05) is 18.2 Å². The molecule has 2 heterocycles. The van der Waals surface area contributed by atoms with Crippen LogP contribution in [-0.4, -0.2) is 37.6 Å². The highest BCUT2D eigenvalue weighted by Crippen LogP contribution is 2.27. The number of rotatable bonds is 5. The number of hydrogen-bond acceptors (Lipinski definition) is 7. The molecular weight excluding hydrogens is 366 g/mol. The van der Waals surface area contributed by atoms with E-state index in [4.69, 9.17) is 9.88 Å². The van der Waals surface area contributed by atoms with E-state index in [1.165, 1.54) is 12.1 Å². The zero-order chi connectivity index (χ0) is 18.9. The SMILES string of the molecule is NS(=O)(=O)c1ccc(Nc2ncc3cccc(O[C@H]4CCNC4)c3n2)cc1. The third-order valence-corrected chi connectivity index (χ3v) is 5.25. The van der Waals surface area contributed by atoms with Crippen molar-refractivity contribution in [1.82, 2.24) is 15.3 Å². The van der Waals surface area contributed by atoms with Crippen LogP contribution in [0.25, 0.3) is 10.9 Å². The molecule has 1 aliphatic heterocycles. The van der Waals surface area contributed by atoms with E-state index in [9.17, 15) is 8.42 Å². The van der Waals surface area contributed by atoms with Gasteiger partial charge in [-0.15, -0.1) is 0 Å². The van der Waals surface area contributed by atoms with Gasteiger partial charge in [-0.1, -0.05) is 12.1 Å². The maximum Gasteiger partial charge on any atom is 0.238 e. The van der Waals surface area contributed by atoms with Gasteiger partial charge in [0.15, 0.2) is 0 Å². The van der Waals surface area contributed by atoms with Crippen molar-refractivity contribution >= 4 is 32.6 Å². The van der Waals surface area contributed by atoms with E-state index >= 15 is 0 Å². The number of aromatic nitrogens is 2. The van der Waals surface area contributed by atoms with Crippen molar-refractivity contribution in [3.63, 3.8) is 0 Å². The van der Waals surface area contributed by atoms with Crippen molar-refractivity contribution in [3.05, 3.63) is 48.7 Å². The lowest BCUT2D eigenvalue weighted by atomic mass is 10.2. The Balaban J connectivity index is 1.60. The summed E-state index contributed by atoms with van der Waals surface area (Å²) < 4.78 is 28.8. The van der Waals surface area contributed by atoms with Gasteiger partial charge >= 0.3 is 0 Å². The van der Waals surface area contributed by atoms with E-state index < -0.39 is 10.0 Å². The Kier molecular flexibility index (Phi) is 4.65. The van der Waals surface area contributed by atoms with Crippen LogP contribution in [0.2, 0.25) is 0 Å². The van der Waals surface area contributed by atoms with Gasteiger partial charge in [-0.2, -0.15) is 0 Å². The Morgan fingerprint density at radius 2 is 2.00 bits per heavy atom. The molecule has 4 N–H and O–H groups in total. The number of hydrogen-bond donors (Lipinski definition) is 3. The van der Waals surface area contributed by atoms with Crippen LogP contribution in [-0.2, 0) is 10.0 Å². The molecule has 140 valence electrons. The number of nitrogens with one attached hydrogen (secondary N) is 2. The molecule has 0 amide bonds. The molecule has 0 bridgehead atoms. The molecule has 0 spiro atoms. The molecule has 1 fully saturated rings. The second-order valence-electron chi connectivity index (χ2n) is 6.31. The maximum atomic E-state index is 11.3. The summed E-state index contributed by atoms with van der Waals surface area (Å²) in [4.78, 5) is 8.94. The van der Waals surface area contributed by atoms with Crippen molar-refractivity contribution in [1.29, 1.82) is 0 Å². The quantitative estimate of drug-likeness (QED) is 0.612.